The number of carbonyl (C=O) groups excluding carboxylic acids is 2. The third-order valence-electron chi connectivity index (χ3n) is 6.67. The van der Waals surface area contributed by atoms with Crippen LogP contribution in [0.3, 0.4) is 0 Å². The Bertz CT molecular complexity index is 1210. The summed E-state index contributed by atoms with van der Waals surface area (Å²) in [5.74, 6) is -0.685. The number of rotatable bonds is 6. The topological polar surface area (TPSA) is 74.8 Å². The lowest BCUT2D eigenvalue weighted by Gasteiger charge is -2.24. The Hall–Kier alpha value is -2.88. The van der Waals surface area contributed by atoms with Crippen LogP contribution >= 0.6 is 0 Å². The van der Waals surface area contributed by atoms with Crippen LogP contribution in [0.5, 0.6) is 5.75 Å². The van der Waals surface area contributed by atoms with Gasteiger partial charge in [-0.3, -0.25) is 19.0 Å². The quantitative estimate of drug-likeness (QED) is 0.580. The van der Waals surface area contributed by atoms with Gasteiger partial charge in [0.2, 0.25) is 0 Å². The van der Waals surface area contributed by atoms with Gasteiger partial charge in [0.25, 0.3) is 5.91 Å². The number of alkyl halides is 3. The Morgan fingerprint density at radius 3 is 2.50 bits per heavy atom. The molecule has 1 aliphatic heterocycles. The second kappa shape index (κ2) is 9.88. The summed E-state index contributed by atoms with van der Waals surface area (Å²) >= 11 is 0. The maximum Gasteiger partial charge on any atom is 0.416 e. The van der Waals surface area contributed by atoms with Gasteiger partial charge in [-0.05, 0) is 31.0 Å². The van der Waals surface area contributed by atoms with Gasteiger partial charge in [0.15, 0.2) is 5.49 Å². The van der Waals surface area contributed by atoms with Crippen LogP contribution in [-0.4, -0.2) is 40.4 Å². The number of halogens is 3. The van der Waals surface area contributed by atoms with Crippen molar-refractivity contribution in [1.82, 2.24) is 9.36 Å². The van der Waals surface area contributed by atoms with Crippen LogP contribution in [0.4, 0.5) is 13.2 Å². The van der Waals surface area contributed by atoms with E-state index in [1.807, 2.05) is 37.2 Å². The number of aromatic nitrogens is 2. The highest BCUT2D eigenvalue weighted by Gasteiger charge is 2.33. The first-order valence-electron chi connectivity index (χ1n) is 12.2. The molecule has 0 unspecified atom stereocenters. The molecule has 1 aromatic heterocycles. The highest BCUT2D eigenvalue weighted by Crippen LogP contribution is 2.34. The Morgan fingerprint density at radius 1 is 1.19 bits per heavy atom. The van der Waals surface area contributed by atoms with Crippen LogP contribution < -0.4 is 10.2 Å². The lowest BCUT2D eigenvalue weighted by molar-refractivity contribution is -0.137. The summed E-state index contributed by atoms with van der Waals surface area (Å²) in [4.78, 5) is 28.8. The number of Topliss-reactive ketones (excluding diaryl/α,β-unsaturated/α-hetero) is 1. The third kappa shape index (κ3) is 5.74. The number of ether oxygens (including phenoxy) is 2. The van der Waals surface area contributed by atoms with Crippen molar-refractivity contribution in [3.05, 3.63) is 46.6 Å². The molecule has 0 spiro atoms. The molecule has 10 heteroatoms. The number of nitrogens with zero attached hydrogens (tertiary/aromatic N) is 3. The molecule has 2 heterocycles. The smallest absolute Gasteiger partial charge is 0.416 e. The van der Waals surface area contributed by atoms with Crippen LogP contribution in [0.25, 0.3) is 0 Å². The first kappa shape index (κ1) is 26.2. The van der Waals surface area contributed by atoms with Gasteiger partial charge in [-0.2, -0.15) is 18.2 Å². The normalized spacial score (nSPS) is 19.6. The average Bonchev–Trinajstić information content (AvgIpc) is 3.38. The predicted octanol–water partition coefficient (Wildman–Crippen LogP) is 4.42. The molecule has 0 N–H and O–H groups in total. The Labute approximate surface area is 207 Å². The van der Waals surface area contributed by atoms with Crippen LogP contribution in [0.2, 0.25) is 0 Å². The molecule has 196 valence electrons. The molecular weight excluding hydrogens is 475 g/mol. The van der Waals surface area contributed by atoms with Gasteiger partial charge in [-0.15, -0.1) is 0 Å². The zero-order valence-electron chi connectivity index (χ0n) is 21.0. The SMILES string of the molecule is Cn1c(C(C)(C)C)c/c(=N\C(=O)c2cc(C(F)(F)F)ccc2OCC2CC(=O)C2)n1C[C@H]1CCCO1. The van der Waals surface area contributed by atoms with E-state index >= 15 is 0 Å². The average molecular weight is 508 g/mol. The van der Waals surface area contributed by atoms with Crippen molar-refractivity contribution in [3.8, 4) is 5.75 Å². The van der Waals surface area contributed by atoms with E-state index in [2.05, 4.69) is 4.99 Å². The van der Waals surface area contributed by atoms with Gasteiger partial charge < -0.3 is 9.47 Å². The summed E-state index contributed by atoms with van der Waals surface area (Å²) in [7, 11) is 1.87. The van der Waals surface area contributed by atoms with E-state index in [1.54, 1.807) is 6.07 Å². The van der Waals surface area contributed by atoms with E-state index in [-0.39, 0.29) is 41.1 Å². The summed E-state index contributed by atoms with van der Waals surface area (Å²) in [5.41, 5.74) is -0.213. The maximum absolute atomic E-state index is 13.4. The molecule has 0 radical (unpaired) electrons. The van der Waals surface area contributed by atoms with Gasteiger partial charge in [0.05, 0.1) is 30.4 Å². The first-order valence-corrected chi connectivity index (χ1v) is 12.2. The van der Waals surface area contributed by atoms with Crippen LogP contribution in [-0.2, 0) is 34.7 Å². The second-order valence-electron chi connectivity index (χ2n) is 10.6. The molecule has 1 saturated carbocycles. The molecule has 2 fully saturated rings. The fraction of sp³-hybridized carbons (Fsp3) is 0.577. The zero-order valence-corrected chi connectivity index (χ0v) is 21.0. The van der Waals surface area contributed by atoms with E-state index in [1.165, 1.54) is 0 Å². The fourth-order valence-electron chi connectivity index (χ4n) is 4.64. The van der Waals surface area contributed by atoms with Gasteiger partial charge in [0, 0.05) is 49.6 Å². The largest absolute Gasteiger partial charge is 0.492 e. The minimum absolute atomic E-state index is 0.00304. The molecule has 0 bridgehead atoms. The Balaban J connectivity index is 1.73. The zero-order chi connectivity index (χ0) is 26.3. The van der Waals surface area contributed by atoms with E-state index < -0.39 is 17.6 Å². The number of hydrogen-bond donors (Lipinski definition) is 0. The summed E-state index contributed by atoms with van der Waals surface area (Å²) in [6, 6.07) is 4.61. The lowest BCUT2D eigenvalue weighted by atomic mass is 9.85. The number of benzene rings is 1. The van der Waals surface area contributed by atoms with E-state index in [0.29, 0.717) is 31.5 Å². The summed E-state index contributed by atoms with van der Waals surface area (Å²) < 4.78 is 55.6. The molecule has 4 rings (SSSR count). The molecule has 2 aromatic rings. The summed E-state index contributed by atoms with van der Waals surface area (Å²) in [6.45, 7) is 7.40. The van der Waals surface area contributed by atoms with Crippen molar-refractivity contribution < 1.29 is 32.2 Å². The Morgan fingerprint density at radius 2 is 1.92 bits per heavy atom. The molecule has 7 nitrogen and oxygen atoms in total. The van der Waals surface area contributed by atoms with E-state index in [4.69, 9.17) is 9.47 Å². The predicted molar refractivity (Wildman–Crippen MR) is 126 cm³/mol. The van der Waals surface area contributed by atoms with Crippen LogP contribution in [0.1, 0.15) is 68.1 Å². The first-order chi connectivity index (χ1) is 16.8. The molecule has 1 saturated heterocycles. The van der Waals surface area contributed by atoms with Crippen LogP contribution in [0, 0.1) is 5.92 Å². The second-order valence-corrected chi connectivity index (χ2v) is 10.6. The van der Waals surface area contributed by atoms with Gasteiger partial charge in [-0.25, -0.2) is 0 Å². The van der Waals surface area contributed by atoms with Crippen LogP contribution in [0.15, 0.2) is 29.3 Å². The van der Waals surface area contributed by atoms with Crippen molar-refractivity contribution in [2.45, 2.75) is 70.7 Å². The number of carbonyl (C=O) groups is 2. The van der Waals surface area contributed by atoms with Crippen molar-refractivity contribution in [2.24, 2.45) is 18.0 Å². The van der Waals surface area contributed by atoms with Gasteiger partial charge >= 0.3 is 6.18 Å². The van der Waals surface area contributed by atoms with Gasteiger partial charge in [-0.1, -0.05) is 20.8 Å². The monoisotopic (exact) mass is 507 g/mol. The summed E-state index contributed by atoms with van der Waals surface area (Å²) in [5, 5.41) is 0. The molecule has 2 aliphatic rings. The number of ketones is 1. The molecule has 1 atom stereocenters. The van der Waals surface area contributed by atoms with E-state index in [9.17, 15) is 22.8 Å². The number of amides is 1. The van der Waals surface area contributed by atoms with Crippen molar-refractivity contribution in [1.29, 1.82) is 0 Å². The standard InChI is InChI=1S/C26H32F3N3O4/c1-25(2,3)22-13-23(32(31(22)4)14-19-6-5-9-35-19)30-24(34)20-12-17(26(27,28)29)7-8-21(20)36-15-16-10-18(33)11-16/h7-8,12-13,16,19H,5-6,9-11,14-15H2,1-4H3/b30-23+/t19-/m1/s1. The summed E-state index contributed by atoms with van der Waals surface area (Å²) in [6.07, 6.45) is -2.08. The molecule has 36 heavy (non-hydrogen) atoms. The molecule has 1 aromatic carbocycles. The third-order valence-corrected chi connectivity index (χ3v) is 6.67. The number of hydrogen-bond acceptors (Lipinski definition) is 4. The lowest BCUT2D eigenvalue weighted by Crippen LogP contribution is -2.30. The van der Waals surface area contributed by atoms with Crippen molar-refractivity contribution >= 4 is 11.7 Å². The molecule has 1 aliphatic carbocycles. The molecular formula is C26H32F3N3O4. The van der Waals surface area contributed by atoms with Gasteiger partial charge in [0.1, 0.15) is 11.5 Å². The molecule has 1 amide bonds. The van der Waals surface area contributed by atoms with E-state index in [0.717, 1.165) is 36.7 Å². The Kier molecular flexibility index (Phi) is 7.19. The highest BCUT2D eigenvalue weighted by atomic mass is 19.4. The minimum atomic E-state index is -4.63. The maximum atomic E-state index is 13.4. The fourth-order valence-corrected chi connectivity index (χ4v) is 4.64. The minimum Gasteiger partial charge on any atom is -0.492 e. The van der Waals surface area contributed by atoms with Crippen molar-refractivity contribution in [2.75, 3.05) is 13.2 Å². The highest BCUT2D eigenvalue weighted by molar-refractivity contribution is 5.97. The van der Waals surface area contributed by atoms with Crippen molar-refractivity contribution in [3.63, 3.8) is 0 Å².